The second-order valence-electron chi connectivity index (χ2n) is 8.81. The third-order valence-electron chi connectivity index (χ3n) is 6.72. The molecule has 33 heavy (non-hydrogen) atoms. The number of aryl methyl sites for hydroxylation is 2. The Bertz CT molecular complexity index is 1320. The fraction of sp³-hybridized carbons (Fsp3) is 0.346. The average molecular weight is 443 g/mol. The summed E-state index contributed by atoms with van der Waals surface area (Å²) in [6.45, 7) is 4.03. The Hall–Kier alpha value is -3.45. The van der Waals surface area contributed by atoms with Gasteiger partial charge in [-0.2, -0.15) is 0 Å². The monoisotopic (exact) mass is 442 g/mol. The molecule has 0 radical (unpaired) electrons. The molecule has 2 aromatic heterocycles. The van der Waals surface area contributed by atoms with Gasteiger partial charge in [0.2, 0.25) is 0 Å². The molecular weight excluding hydrogens is 412 g/mol. The summed E-state index contributed by atoms with van der Waals surface area (Å²) < 4.78 is 3.50. The van der Waals surface area contributed by atoms with Gasteiger partial charge in [-0.15, -0.1) is 0 Å². The molecule has 7 heteroatoms. The Morgan fingerprint density at radius 1 is 1.12 bits per heavy atom. The maximum Gasteiger partial charge on any atom is 0.332 e. The summed E-state index contributed by atoms with van der Waals surface area (Å²) in [5, 5.41) is 4.33. The maximum atomic E-state index is 13.0. The van der Waals surface area contributed by atoms with Gasteiger partial charge in [0.05, 0.1) is 11.2 Å². The molecule has 1 saturated heterocycles. The van der Waals surface area contributed by atoms with E-state index >= 15 is 0 Å². The molecule has 1 unspecified atom stereocenters. The van der Waals surface area contributed by atoms with Crippen LogP contribution in [0.5, 0.6) is 0 Å². The molecule has 0 aliphatic carbocycles. The van der Waals surface area contributed by atoms with Crippen LogP contribution >= 0.6 is 0 Å². The van der Waals surface area contributed by atoms with Crippen LogP contribution in [-0.2, 0) is 13.0 Å². The topological polar surface area (TPSA) is 68.0 Å². The van der Waals surface area contributed by atoms with Gasteiger partial charge in [0, 0.05) is 36.1 Å². The minimum atomic E-state index is -0.0150. The Morgan fingerprint density at radius 2 is 2.03 bits per heavy atom. The van der Waals surface area contributed by atoms with Crippen molar-refractivity contribution in [2.45, 2.75) is 45.2 Å². The first kappa shape index (κ1) is 21.4. The first-order valence-corrected chi connectivity index (χ1v) is 11.7. The first-order valence-electron chi connectivity index (χ1n) is 11.7. The van der Waals surface area contributed by atoms with E-state index in [1.165, 1.54) is 18.4 Å². The van der Waals surface area contributed by atoms with E-state index in [0.29, 0.717) is 6.04 Å². The predicted octanol–water partition coefficient (Wildman–Crippen LogP) is 4.37. The number of benzene rings is 2. The average Bonchev–Trinajstić information content (AvgIpc) is 3.42. The molecule has 5 rings (SSSR count). The molecule has 0 amide bonds. The van der Waals surface area contributed by atoms with Crippen LogP contribution in [0.25, 0.3) is 16.6 Å². The Morgan fingerprint density at radius 3 is 2.85 bits per heavy atom. The van der Waals surface area contributed by atoms with Crippen LogP contribution in [-0.4, -0.2) is 43.6 Å². The number of imidazole rings is 1. The van der Waals surface area contributed by atoms with Gasteiger partial charge in [-0.25, -0.2) is 14.8 Å². The van der Waals surface area contributed by atoms with Gasteiger partial charge in [-0.05, 0) is 75.2 Å². The highest BCUT2D eigenvalue weighted by atomic mass is 16.1. The molecule has 7 nitrogen and oxygen atoms in total. The predicted molar refractivity (Wildman–Crippen MR) is 132 cm³/mol. The van der Waals surface area contributed by atoms with E-state index in [1.807, 2.05) is 47.3 Å². The van der Waals surface area contributed by atoms with Crippen LogP contribution in [0.1, 0.15) is 31.7 Å². The van der Waals surface area contributed by atoms with Crippen molar-refractivity contribution in [3.05, 3.63) is 77.2 Å². The third-order valence-corrected chi connectivity index (χ3v) is 6.72. The summed E-state index contributed by atoms with van der Waals surface area (Å²) in [7, 11) is 2.17. The third kappa shape index (κ3) is 4.41. The molecule has 1 aliphatic heterocycles. The Balaban J connectivity index is 1.39. The van der Waals surface area contributed by atoms with E-state index in [0.717, 1.165) is 54.0 Å². The highest BCUT2D eigenvalue weighted by Crippen LogP contribution is 2.25. The molecule has 1 atom stereocenters. The van der Waals surface area contributed by atoms with Gasteiger partial charge in [-0.1, -0.05) is 19.1 Å². The van der Waals surface area contributed by atoms with Gasteiger partial charge in [0.1, 0.15) is 12.1 Å². The summed E-state index contributed by atoms with van der Waals surface area (Å²) in [5.41, 5.74) is 3.85. The summed E-state index contributed by atoms with van der Waals surface area (Å²) in [4.78, 5) is 24.3. The fourth-order valence-corrected chi connectivity index (χ4v) is 4.71. The van der Waals surface area contributed by atoms with Crippen LogP contribution < -0.4 is 11.0 Å². The van der Waals surface area contributed by atoms with E-state index in [9.17, 15) is 4.79 Å². The second-order valence-corrected chi connectivity index (χ2v) is 8.81. The Kier molecular flexibility index (Phi) is 5.96. The van der Waals surface area contributed by atoms with Crippen LogP contribution in [0.15, 0.2) is 66.0 Å². The molecule has 2 aromatic carbocycles. The molecule has 4 aromatic rings. The van der Waals surface area contributed by atoms with E-state index < -0.39 is 0 Å². The zero-order valence-corrected chi connectivity index (χ0v) is 19.2. The molecule has 0 saturated carbocycles. The largest absolute Gasteiger partial charge is 0.340 e. The van der Waals surface area contributed by atoms with Gasteiger partial charge >= 0.3 is 5.69 Å². The lowest BCUT2D eigenvalue weighted by atomic mass is 10.1. The van der Waals surface area contributed by atoms with E-state index in [-0.39, 0.29) is 5.69 Å². The summed E-state index contributed by atoms with van der Waals surface area (Å²) in [6.07, 6.45) is 9.74. The van der Waals surface area contributed by atoms with Crippen LogP contribution in [0.2, 0.25) is 0 Å². The lowest BCUT2D eigenvalue weighted by Gasteiger charge is -2.18. The van der Waals surface area contributed by atoms with Crippen molar-refractivity contribution in [2.24, 2.45) is 0 Å². The normalized spacial score (nSPS) is 16.5. The number of hydrogen-bond donors (Lipinski definition) is 1. The zero-order chi connectivity index (χ0) is 22.8. The molecular formula is C26H30N6O. The van der Waals surface area contributed by atoms with Gasteiger partial charge in [0.15, 0.2) is 0 Å². The quantitative estimate of drug-likeness (QED) is 0.460. The standard InChI is InChI=1S/C26H30N6O/c1-3-19-6-4-7-20(16-19)29-25-23-10-9-22(17-24(23)27-18-28-25)32-15-14-31(26(32)33)13-11-21-8-5-12-30(21)2/h4,6-7,9-10,14-18,21H,3,5,8,11-13H2,1-2H3,(H,27,28,29). The smallest absolute Gasteiger partial charge is 0.332 e. The van der Waals surface area contributed by atoms with Gasteiger partial charge in [0.25, 0.3) is 0 Å². The number of likely N-dealkylation sites (tertiary alicyclic amines) is 1. The lowest BCUT2D eigenvalue weighted by molar-refractivity contribution is 0.285. The maximum absolute atomic E-state index is 13.0. The van der Waals surface area contributed by atoms with E-state index in [4.69, 9.17) is 0 Å². The highest BCUT2D eigenvalue weighted by Gasteiger charge is 2.20. The number of nitrogens with zero attached hydrogens (tertiary/aromatic N) is 5. The molecule has 0 spiro atoms. The SMILES string of the molecule is CCc1cccc(Nc2ncnc3cc(-n4ccn(CCC5CCCN5C)c4=O)ccc23)c1. The van der Waals surface area contributed by atoms with Crippen molar-refractivity contribution in [1.82, 2.24) is 24.0 Å². The summed E-state index contributed by atoms with van der Waals surface area (Å²) in [6, 6.07) is 14.8. The number of nitrogens with one attached hydrogen (secondary N) is 1. The first-order chi connectivity index (χ1) is 16.1. The Labute approximate surface area is 193 Å². The van der Waals surface area contributed by atoms with Gasteiger partial charge < -0.3 is 10.2 Å². The molecule has 1 N–H and O–H groups in total. The van der Waals surface area contributed by atoms with Crippen molar-refractivity contribution in [3.8, 4) is 5.69 Å². The minimum Gasteiger partial charge on any atom is -0.340 e. The highest BCUT2D eigenvalue weighted by molar-refractivity contribution is 5.91. The van der Waals surface area contributed by atoms with Crippen LogP contribution in [0.3, 0.4) is 0 Å². The second kappa shape index (κ2) is 9.19. The van der Waals surface area contributed by atoms with E-state index in [1.54, 1.807) is 10.9 Å². The van der Waals surface area contributed by atoms with Crippen LogP contribution in [0, 0.1) is 0 Å². The van der Waals surface area contributed by atoms with Crippen molar-refractivity contribution in [2.75, 3.05) is 18.9 Å². The number of anilines is 2. The van der Waals surface area contributed by atoms with Crippen molar-refractivity contribution >= 4 is 22.4 Å². The molecule has 170 valence electrons. The molecule has 3 heterocycles. The molecule has 1 fully saturated rings. The van der Waals surface area contributed by atoms with Crippen LogP contribution in [0.4, 0.5) is 11.5 Å². The van der Waals surface area contributed by atoms with Crippen molar-refractivity contribution in [1.29, 1.82) is 0 Å². The molecule has 1 aliphatic rings. The number of hydrogen-bond acceptors (Lipinski definition) is 5. The summed E-state index contributed by atoms with van der Waals surface area (Å²) >= 11 is 0. The van der Waals surface area contributed by atoms with E-state index in [2.05, 4.69) is 46.3 Å². The zero-order valence-electron chi connectivity index (χ0n) is 19.2. The van der Waals surface area contributed by atoms with Crippen molar-refractivity contribution < 1.29 is 0 Å². The fourth-order valence-electron chi connectivity index (χ4n) is 4.71. The lowest BCUT2D eigenvalue weighted by Crippen LogP contribution is -2.29. The number of aromatic nitrogens is 4. The molecule has 0 bridgehead atoms. The number of fused-ring (bicyclic) bond motifs is 1. The van der Waals surface area contributed by atoms with Crippen molar-refractivity contribution in [3.63, 3.8) is 0 Å². The summed E-state index contributed by atoms with van der Waals surface area (Å²) in [5.74, 6) is 0.755. The van der Waals surface area contributed by atoms with Gasteiger partial charge in [-0.3, -0.25) is 9.13 Å². The minimum absolute atomic E-state index is 0.0150. The number of rotatable bonds is 7.